The molecule has 7 nitrogen and oxygen atoms in total. The molecule has 0 unspecified atom stereocenters. The molecule has 1 aliphatic carbocycles. The van der Waals surface area contributed by atoms with Crippen molar-refractivity contribution in [3.63, 3.8) is 0 Å². The summed E-state index contributed by atoms with van der Waals surface area (Å²) in [6.45, 7) is 7.28. The first-order valence-electron chi connectivity index (χ1n) is 10.5. The Bertz CT molecular complexity index is 978. The molecule has 30 heavy (non-hydrogen) atoms. The van der Waals surface area contributed by atoms with Crippen LogP contribution in [0.5, 0.6) is 0 Å². The molecule has 3 heterocycles. The van der Waals surface area contributed by atoms with Crippen molar-refractivity contribution in [1.82, 2.24) is 9.21 Å². The molecule has 1 amide bonds. The van der Waals surface area contributed by atoms with Crippen molar-refractivity contribution in [2.45, 2.75) is 42.3 Å². The maximum absolute atomic E-state index is 13.8. The average Bonchev–Trinajstić information content (AvgIpc) is 3.10. The van der Waals surface area contributed by atoms with Gasteiger partial charge in [-0.3, -0.25) is 4.90 Å². The van der Waals surface area contributed by atoms with E-state index in [1.54, 1.807) is 23.5 Å². The Hall–Kier alpha value is -1.90. The van der Waals surface area contributed by atoms with Crippen LogP contribution in [0, 0.1) is 24.7 Å². The Kier molecular flexibility index (Phi) is 4.54. The predicted octanol–water partition coefficient (Wildman–Crippen LogP) is 2.42. The molecule has 5 rings (SSSR count). The smallest absolute Gasteiger partial charge is 0.410 e. The number of methoxy groups -OCH3 is 1. The molecule has 4 bridgehead atoms. The van der Waals surface area contributed by atoms with Gasteiger partial charge in [-0.1, -0.05) is 23.8 Å². The molecule has 4 aliphatic rings. The zero-order chi connectivity index (χ0) is 21.3. The molecule has 6 atom stereocenters. The molecular weight excluding hydrogens is 404 g/mol. The molecule has 8 heteroatoms. The van der Waals surface area contributed by atoms with Gasteiger partial charge in [-0.2, -0.15) is 4.31 Å². The number of rotatable bonds is 5. The van der Waals surface area contributed by atoms with Gasteiger partial charge in [0.1, 0.15) is 5.54 Å². The van der Waals surface area contributed by atoms with E-state index in [1.165, 1.54) is 0 Å². The SMILES string of the molecule is C=C[C@H]1C[C@H]2CN3C(=O)O[C@H](COC)[C@@]34[C@@H]2CCN(S(=O)(=O)c2ccc(C)cc2)[C@@H]14. The third kappa shape index (κ3) is 2.44. The Morgan fingerprint density at radius 3 is 2.73 bits per heavy atom. The maximum Gasteiger partial charge on any atom is 0.410 e. The second-order valence-electron chi connectivity index (χ2n) is 8.99. The zero-order valence-electron chi connectivity index (χ0n) is 17.4. The predicted molar refractivity (Wildman–Crippen MR) is 110 cm³/mol. The number of ether oxygens (including phenoxy) is 2. The lowest BCUT2D eigenvalue weighted by Crippen LogP contribution is -2.73. The largest absolute Gasteiger partial charge is 0.441 e. The topological polar surface area (TPSA) is 76.2 Å². The monoisotopic (exact) mass is 432 g/mol. The van der Waals surface area contributed by atoms with E-state index < -0.39 is 27.7 Å². The van der Waals surface area contributed by atoms with Crippen molar-refractivity contribution in [2.75, 3.05) is 26.8 Å². The summed E-state index contributed by atoms with van der Waals surface area (Å²) in [6, 6.07) is 6.55. The molecule has 3 aliphatic heterocycles. The van der Waals surface area contributed by atoms with E-state index in [9.17, 15) is 13.2 Å². The summed E-state index contributed by atoms with van der Waals surface area (Å²) in [5, 5.41) is 0. The zero-order valence-corrected chi connectivity index (χ0v) is 18.2. The minimum atomic E-state index is -3.75. The Morgan fingerprint density at radius 2 is 2.07 bits per heavy atom. The van der Waals surface area contributed by atoms with Crippen LogP contribution in [-0.4, -0.2) is 68.2 Å². The molecular formula is C22H28N2O5S. The van der Waals surface area contributed by atoms with Gasteiger partial charge in [0, 0.05) is 20.2 Å². The fraction of sp³-hybridized carbons (Fsp3) is 0.591. The van der Waals surface area contributed by atoms with E-state index in [4.69, 9.17) is 9.47 Å². The van der Waals surface area contributed by atoms with E-state index in [0.29, 0.717) is 25.4 Å². The van der Waals surface area contributed by atoms with E-state index >= 15 is 0 Å². The quantitative estimate of drug-likeness (QED) is 0.668. The number of carbonyl (C=O) groups excluding carboxylic acids is 1. The Balaban J connectivity index is 1.66. The van der Waals surface area contributed by atoms with Crippen LogP contribution in [0.25, 0.3) is 0 Å². The van der Waals surface area contributed by atoms with Crippen LogP contribution in [0.3, 0.4) is 0 Å². The molecule has 1 aromatic carbocycles. The lowest BCUT2D eigenvalue weighted by Gasteiger charge is -2.57. The molecule has 1 aromatic rings. The van der Waals surface area contributed by atoms with Crippen molar-refractivity contribution in [3.8, 4) is 0 Å². The second-order valence-corrected chi connectivity index (χ2v) is 10.9. The highest BCUT2D eigenvalue weighted by atomic mass is 32.2. The first-order chi connectivity index (χ1) is 14.3. The van der Waals surface area contributed by atoms with Crippen molar-refractivity contribution < 1.29 is 22.7 Å². The van der Waals surface area contributed by atoms with Crippen LogP contribution in [-0.2, 0) is 19.5 Å². The number of hydrogen-bond donors (Lipinski definition) is 0. The van der Waals surface area contributed by atoms with Gasteiger partial charge in [-0.25, -0.2) is 13.2 Å². The summed E-state index contributed by atoms with van der Waals surface area (Å²) < 4.78 is 40.4. The minimum absolute atomic E-state index is 0.0503. The summed E-state index contributed by atoms with van der Waals surface area (Å²) in [5.41, 5.74) is 0.304. The van der Waals surface area contributed by atoms with Crippen LogP contribution in [0.2, 0.25) is 0 Å². The summed E-state index contributed by atoms with van der Waals surface area (Å²) in [6.07, 6.45) is 2.57. The van der Waals surface area contributed by atoms with Gasteiger partial charge >= 0.3 is 6.09 Å². The highest BCUT2D eigenvalue weighted by Crippen LogP contribution is 2.61. The van der Waals surface area contributed by atoms with Gasteiger partial charge in [0.25, 0.3) is 0 Å². The number of nitrogens with zero attached hydrogens (tertiary/aromatic N) is 2. The van der Waals surface area contributed by atoms with Gasteiger partial charge in [0.05, 0.1) is 17.5 Å². The molecule has 0 aromatic heterocycles. The number of amides is 1. The van der Waals surface area contributed by atoms with Crippen molar-refractivity contribution in [1.29, 1.82) is 0 Å². The van der Waals surface area contributed by atoms with Crippen LogP contribution in [0.4, 0.5) is 4.79 Å². The highest BCUT2D eigenvalue weighted by molar-refractivity contribution is 7.89. The molecule has 0 radical (unpaired) electrons. The van der Waals surface area contributed by atoms with E-state index in [2.05, 4.69) is 6.58 Å². The fourth-order valence-electron chi connectivity index (χ4n) is 6.63. The normalized spacial score (nSPS) is 37.7. The summed E-state index contributed by atoms with van der Waals surface area (Å²) in [4.78, 5) is 14.9. The average molecular weight is 433 g/mol. The summed E-state index contributed by atoms with van der Waals surface area (Å²) >= 11 is 0. The van der Waals surface area contributed by atoms with Crippen LogP contribution < -0.4 is 0 Å². The lowest BCUT2D eigenvalue weighted by molar-refractivity contribution is -0.0792. The molecule has 0 N–H and O–H groups in total. The van der Waals surface area contributed by atoms with Crippen LogP contribution in [0.1, 0.15) is 18.4 Å². The van der Waals surface area contributed by atoms with Crippen molar-refractivity contribution in [3.05, 3.63) is 42.5 Å². The number of hydrogen-bond acceptors (Lipinski definition) is 5. The lowest BCUT2D eigenvalue weighted by atomic mass is 9.58. The van der Waals surface area contributed by atoms with Crippen molar-refractivity contribution >= 4 is 16.1 Å². The van der Waals surface area contributed by atoms with Gasteiger partial charge < -0.3 is 9.47 Å². The Labute approximate surface area is 177 Å². The minimum Gasteiger partial charge on any atom is -0.441 e. The summed E-state index contributed by atoms with van der Waals surface area (Å²) in [7, 11) is -2.16. The summed E-state index contributed by atoms with van der Waals surface area (Å²) in [5.74, 6) is 0.487. The van der Waals surface area contributed by atoms with E-state index in [0.717, 1.165) is 12.0 Å². The number of cyclic esters (lactones) is 1. The standard InChI is InChI=1S/C22H28N2O5S/c1-4-15-11-16-12-23-21(25)29-19(13-28-3)22(23)18(16)9-10-24(20(15)22)30(26,27)17-7-5-14(2)6-8-17/h4-8,15-16,18-20H,1,9-13H2,2-3H3/t15-,16-,18+,19+,20-,22+/m0/s1. The first-order valence-corrected chi connectivity index (χ1v) is 12.0. The second kappa shape index (κ2) is 6.80. The molecule has 1 saturated carbocycles. The highest BCUT2D eigenvalue weighted by Gasteiger charge is 2.75. The molecule has 4 fully saturated rings. The van der Waals surface area contributed by atoms with Gasteiger partial charge in [0.15, 0.2) is 6.10 Å². The van der Waals surface area contributed by atoms with Crippen LogP contribution >= 0.6 is 0 Å². The fourth-order valence-corrected chi connectivity index (χ4v) is 8.35. The molecule has 162 valence electrons. The van der Waals surface area contributed by atoms with Gasteiger partial charge in [0.2, 0.25) is 10.0 Å². The van der Waals surface area contributed by atoms with E-state index in [-0.39, 0.29) is 29.4 Å². The Morgan fingerprint density at radius 1 is 1.33 bits per heavy atom. The number of sulfonamides is 1. The van der Waals surface area contributed by atoms with Gasteiger partial charge in [-0.15, -0.1) is 6.58 Å². The third-order valence-electron chi connectivity index (χ3n) is 7.70. The van der Waals surface area contributed by atoms with Crippen LogP contribution in [0.15, 0.2) is 41.8 Å². The number of piperidine rings is 1. The number of aryl methyl sites for hydroxylation is 1. The molecule has 1 spiro atoms. The first kappa shape index (κ1) is 20.0. The van der Waals surface area contributed by atoms with Gasteiger partial charge in [-0.05, 0) is 49.7 Å². The van der Waals surface area contributed by atoms with E-state index in [1.807, 2.05) is 30.0 Å². The van der Waals surface area contributed by atoms with Crippen molar-refractivity contribution in [2.24, 2.45) is 17.8 Å². The number of carbonyl (C=O) groups is 1. The molecule has 3 saturated heterocycles. The third-order valence-corrected chi connectivity index (χ3v) is 9.60. The maximum atomic E-state index is 13.8. The number of benzene rings is 1.